The summed E-state index contributed by atoms with van der Waals surface area (Å²) in [7, 11) is 0. The lowest BCUT2D eigenvalue weighted by atomic mass is 10.1. The van der Waals surface area contributed by atoms with Gasteiger partial charge in [0.2, 0.25) is 0 Å². The van der Waals surface area contributed by atoms with Crippen molar-refractivity contribution >= 4 is 11.9 Å². The zero-order valence-corrected chi connectivity index (χ0v) is 12.1. The highest BCUT2D eigenvalue weighted by Gasteiger charge is 2.06. The van der Waals surface area contributed by atoms with Crippen LogP contribution in [0.4, 0.5) is 8.78 Å². The molecule has 0 saturated heterocycles. The summed E-state index contributed by atoms with van der Waals surface area (Å²) in [6.07, 6.45) is 4.16. The molecule has 0 aliphatic heterocycles. The van der Waals surface area contributed by atoms with E-state index in [0.29, 0.717) is 5.56 Å². The van der Waals surface area contributed by atoms with Crippen molar-refractivity contribution in [2.45, 2.75) is 20.0 Å². The summed E-state index contributed by atoms with van der Waals surface area (Å²) in [6, 6.07) is 13.5. The van der Waals surface area contributed by atoms with Crippen molar-refractivity contribution in [3.8, 4) is 5.75 Å². The molecular weight excluding hydrogens is 286 g/mol. The van der Waals surface area contributed by atoms with E-state index in [1.807, 2.05) is 24.3 Å². The molecule has 0 aliphatic carbocycles. The monoisotopic (exact) mass is 302 g/mol. The zero-order chi connectivity index (χ0) is 15.9. The fourth-order valence-corrected chi connectivity index (χ4v) is 1.93. The van der Waals surface area contributed by atoms with E-state index in [0.717, 1.165) is 12.0 Å². The van der Waals surface area contributed by atoms with Crippen LogP contribution in [0, 0.1) is 0 Å². The zero-order valence-electron chi connectivity index (χ0n) is 12.1. The number of carbonyl (C=O) groups excluding carboxylic acids is 1. The van der Waals surface area contributed by atoms with Crippen molar-refractivity contribution in [3.05, 3.63) is 71.3 Å². The Morgan fingerprint density at radius 3 is 2.27 bits per heavy atom. The van der Waals surface area contributed by atoms with Crippen LogP contribution in [0.5, 0.6) is 5.75 Å². The summed E-state index contributed by atoms with van der Waals surface area (Å²) >= 11 is 0. The number of carbonyl (C=O) groups is 1. The molecule has 2 aromatic carbocycles. The van der Waals surface area contributed by atoms with Crippen molar-refractivity contribution in [3.63, 3.8) is 0 Å². The van der Waals surface area contributed by atoms with Crippen molar-refractivity contribution in [1.29, 1.82) is 0 Å². The Hall–Kier alpha value is -2.49. The van der Waals surface area contributed by atoms with Gasteiger partial charge in [-0.3, -0.25) is 4.79 Å². The van der Waals surface area contributed by atoms with Crippen molar-refractivity contribution in [1.82, 2.24) is 0 Å². The van der Waals surface area contributed by atoms with Gasteiger partial charge in [0.15, 0.2) is 5.78 Å². The highest BCUT2D eigenvalue weighted by atomic mass is 19.3. The van der Waals surface area contributed by atoms with E-state index in [2.05, 4.69) is 11.7 Å². The molecule has 0 saturated carbocycles. The van der Waals surface area contributed by atoms with Gasteiger partial charge in [0.25, 0.3) is 0 Å². The lowest BCUT2D eigenvalue weighted by Crippen LogP contribution is -2.02. The smallest absolute Gasteiger partial charge is 0.387 e. The number of ketones is 1. The lowest BCUT2D eigenvalue weighted by molar-refractivity contribution is -0.0498. The average Bonchev–Trinajstić information content (AvgIpc) is 2.53. The number of benzene rings is 2. The molecule has 2 rings (SSSR count). The van der Waals surface area contributed by atoms with Gasteiger partial charge in [0.1, 0.15) is 5.75 Å². The third-order valence-electron chi connectivity index (χ3n) is 3.18. The summed E-state index contributed by atoms with van der Waals surface area (Å²) in [5.74, 6) is -0.158. The molecule has 0 spiro atoms. The van der Waals surface area contributed by atoms with Gasteiger partial charge >= 0.3 is 6.61 Å². The molecule has 0 bridgehead atoms. The lowest BCUT2D eigenvalue weighted by Gasteiger charge is -2.04. The van der Waals surface area contributed by atoms with Gasteiger partial charge in [-0.15, -0.1) is 0 Å². The third kappa shape index (κ3) is 4.52. The number of alkyl halides is 2. The number of halogens is 2. The first-order valence-electron chi connectivity index (χ1n) is 6.94. The van der Waals surface area contributed by atoms with E-state index >= 15 is 0 Å². The minimum atomic E-state index is -2.87. The van der Waals surface area contributed by atoms with E-state index in [1.54, 1.807) is 6.08 Å². The summed E-state index contributed by atoms with van der Waals surface area (Å²) < 4.78 is 28.3. The first kappa shape index (κ1) is 15.9. The number of aryl methyl sites for hydroxylation is 1. The van der Waals surface area contributed by atoms with Crippen molar-refractivity contribution in [2.24, 2.45) is 0 Å². The molecule has 0 fully saturated rings. The molecule has 22 heavy (non-hydrogen) atoms. The van der Waals surface area contributed by atoms with E-state index in [-0.39, 0.29) is 11.5 Å². The van der Waals surface area contributed by atoms with E-state index in [4.69, 9.17) is 0 Å². The SMILES string of the molecule is CCc1ccc(/C=C/C(=O)c2ccc(OC(F)F)cc2)cc1. The molecule has 0 atom stereocenters. The summed E-state index contributed by atoms with van der Waals surface area (Å²) in [6.45, 7) is -0.789. The largest absolute Gasteiger partial charge is 0.435 e. The minimum Gasteiger partial charge on any atom is -0.435 e. The normalized spacial score (nSPS) is 11.1. The van der Waals surface area contributed by atoms with Crippen LogP contribution in [0.1, 0.15) is 28.4 Å². The van der Waals surface area contributed by atoms with Crippen LogP contribution in [-0.2, 0) is 6.42 Å². The van der Waals surface area contributed by atoms with E-state index < -0.39 is 6.61 Å². The molecular formula is C18H16F2O2. The molecule has 0 N–H and O–H groups in total. The second kappa shape index (κ2) is 7.50. The highest BCUT2D eigenvalue weighted by Crippen LogP contribution is 2.16. The molecule has 4 heteroatoms. The quantitative estimate of drug-likeness (QED) is 0.569. The van der Waals surface area contributed by atoms with Gasteiger partial charge in [-0.2, -0.15) is 8.78 Å². The van der Waals surface area contributed by atoms with Crippen LogP contribution < -0.4 is 4.74 Å². The number of hydrogen-bond donors (Lipinski definition) is 0. The number of allylic oxidation sites excluding steroid dienone is 1. The fourth-order valence-electron chi connectivity index (χ4n) is 1.93. The van der Waals surface area contributed by atoms with Crippen LogP contribution in [0.3, 0.4) is 0 Å². The first-order valence-corrected chi connectivity index (χ1v) is 6.94. The molecule has 2 aromatic rings. The molecule has 0 amide bonds. The maximum absolute atomic E-state index is 12.0. The van der Waals surface area contributed by atoms with Gasteiger partial charge in [0, 0.05) is 5.56 Å². The van der Waals surface area contributed by atoms with Gasteiger partial charge in [-0.05, 0) is 47.9 Å². The number of ether oxygens (including phenoxy) is 1. The minimum absolute atomic E-state index is 0.0330. The van der Waals surface area contributed by atoms with Crippen LogP contribution >= 0.6 is 0 Å². The van der Waals surface area contributed by atoms with Crippen LogP contribution in [0.15, 0.2) is 54.6 Å². The molecule has 0 aliphatic rings. The van der Waals surface area contributed by atoms with Crippen LogP contribution in [0.2, 0.25) is 0 Å². The van der Waals surface area contributed by atoms with Crippen LogP contribution in [0.25, 0.3) is 6.08 Å². The number of hydrogen-bond acceptors (Lipinski definition) is 2. The average molecular weight is 302 g/mol. The molecule has 0 radical (unpaired) electrons. The fraction of sp³-hybridized carbons (Fsp3) is 0.167. The second-order valence-corrected chi connectivity index (χ2v) is 4.70. The van der Waals surface area contributed by atoms with Crippen molar-refractivity contribution in [2.75, 3.05) is 0 Å². The van der Waals surface area contributed by atoms with Gasteiger partial charge in [-0.25, -0.2) is 0 Å². The van der Waals surface area contributed by atoms with Gasteiger partial charge in [-0.1, -0.05) is 37.3 Å². The second-order valence-electron chi connectivity index (χ2n) is 4.70. The molecule has 0 heterocycles. The van der Waals surface area contributed by atoms with Gasteiger partial charge < -0.3 is 4.74 Å². The first-order chi connectivity index (χ1) is 10.6. The predicted octanol–water partition coefficient (Wildman–Crippen LogP) is 4.75. The predicted molar refractivity (Wildman–Crippen MR) is 82.3 cm³/mol. The van der Waals surface area contributed by atoms with Gasteiger partial charge in [0.05, 0.1) is 0 Å². The summed E-state index contributed by atoms with van der Waals surface area (Å²) in [4.78, 5) is 12.0. The molecule has 0 aromatic heterocycles. The Morgan fingerprint density at radius 2 is 1.73 bits per heavy atom. The van der Waals surface area contributed by atoms with E-state index in [9.17, 15) is 13.6 Å². The highest BCUT2D eigenvalue weighted by molar-refractivity contribution is 6.06. The third-order valence-corrected chi connectivity index (χ3v) is 3.18. The van der Waals surface area contributed by atoms with Crippen molar-refractivity contribution < 1.29 is 18.3 Å². The molecule has 0 unspecified atom stereocenters. The van der Waals surface area contributed by atoms with Crippen LogP contribution in [-0.4, -0.2) is 12.4 Å². The topological polar surface area (TPSA) is 26.3 Å². The Bertz CT molecular complexity index is 644. The van der Waals surface area contributed by atoms with E-state index in [1.165, 1.54) is 35.9 Å². The maximum Gasteiger partial charge on any atom is 0.387 e. The molecule has 2 nitrogen and oxygen atoms in total. The number of rotatable bonds is 6. The summed E-state index contributed by atoms with van der Waals surface area (Å²) in [5.41, 5.74) is 2.59. The Morgan fingerprint density at radius 1 is 1.09 bits per heavy atom. The Labute approximate surface area is 128 Å². The Kier molecular flexibility index (Phi) is 5.42. The Balaban J connectivity index is 2.02. The summed E-state index contributed by atoms with van der Waals surface area (Å²) in [5, 5.41) is 0. The maximum atomic E-state index is 12.0. The standard InChI is InChI=1S/C18H16F2O2/c1-2-13-3-5-14(6-4-13)7-12-17(21)15-8-10-16(11-9-15)22-18(19)20/h3-12,18H,2H2,1H3/b12-7+. The molecule has 114 valence electrons.